The summed E-state index contributed by atoms with van der Waals surface area (Å²) in [5, 5.41) is 19.8. The van der Waals surface area contributed by atoms with E-state index in [9.17, 15) is 14.7 Å². The molecule has 0 amide bonds. The molecule has 0 bridgehead atoms. The van der Waals surface area contributed by atoms with E-state index in [0.717, 1.165) is 31.7 Å². The predicted molar refractivity (Wildman–Crippen MR) is 126 cm³/mol. The summed E-state index contributed by atoms with van der Waals surface area (Å²) in [6.45, 7) is 6.58. The van der Waals surface area contributed by atoms with Crippen LogP contribution in [0.1, 0.15) is 24.0 Å². The Hall–Kier alpha value is -1.53. The fourth-order valence-electron chi connectivity index (χ4n) is 4.82. The van der Waals surface area contributed by atoms with Gasteiger partial charge in [-0.3, -0.25) is 9.58 Å². The molecule has 0 radical (unpaired) electrons. The molecule has 10 heteroatoms. The summed E-state index contributed by atoms with van der Waals surface area (Å²) in [5.74, 6) is -0.991. The molecule has 168 valence electrons. The van der Waals surface area contributed by atoms with Gasteiger partial charge in [0.1, 0.15) is 18.3 Å². The van der Waals surface area contributed by atoms with E-state index < -0.39 is 5.97 Å². The van der Waals surface area contributed by atoms with Crippen molar-refractivity contribution in [2.24, 2.45) is 0 Å². The third-order valence-electron chi connectivity index (χ3n) is 6.24. The molecule has 0 aliphatic carbocycles. The van der Waals surface area contributed by atoms with E-state index in [1.54, 1.807) is 0 Å². The number of nitrogens with zero attached hydrogens (tertiary/aromatic N) is 2. The van der Waals surface area contributed by atoms with E-state index in [2.05, 4.69) is 41.5 Å². The van der Waals surface area contributed by atoms with E-state index in [1.807, 2.05) is 30.3 Å². The van der Waals surface area contributed by atoms with Crippen LogP contribution in [0.5, 0.6) is 0 Å². The number of carboxylic acids is 1. The number of aromatic amines is 2. The first kappa shape index (κ1) is 26.1. The van der Waals surface area contributed by atoms with Gasteiger partial charge in [0, 0.05) is 42.2 Å². The SMILES string of the molecule is Cc1cccc(C)c1[N+]1(CCCNc2cccc(-n3c(=O)[nH][nH]c3=S)c2)CC1CC(=O)[O-].[K+]. The van der Waals surface area contributed by atoms with E-state index in [-0.39, 0.29) is 69.5 Å². The van der Waals surface area contributed by atoms with Crippen molar-refractivity contribution in [3.8, 4) is 5.69 Å². The second-order valence-electron chi connectivity index (χ2n) is 8.44. The fourth-order valence-corrected chi connectivity index (χ4v) is 5.06. The van der Waals surface area contributed by atoms with E-state index in [4.69, 9.17) is 12.2 Å². The van der Waals surface area contributed by atoms with Crippen LogP contribution in [0.2, 0.25) is 0 Å². The zero-order valence-corrected chi connectivity index (χ0v) is 23.1. The van der Waals surface area contributed by atoms with Gasteiger partial charge in [0.2, 0.25) is 4.77 Å². The molecule has 2 aromatic carbocycles. The van der Waals surface area contributed by atoms with Crippen molar-refractivity contribution in [2.45, 2.75) is 32.7 Å². The molecule has 3 N–H and O–H groups in total. The number of anilines is 1. The van der Waals surface area contributed by atoms with Gasteiger partial charge >= 0.3 is 57.1 Å². The van der Waals surface area contributed by atoms with Crippen molar-refractivity contribution >= 4 is 29.6 Å². The number of carboxylic acid groups (broad SMARTS) is 1. The number of aromatic nitrogens is 3. The molecule has 1 aliphatic rings. The Morgan fingerprint density at radius 1 is 1.21 bits per heavy atom. The summed E-state index contributed by atoms with van der Waals surface area (Å²) >= 11 is 5.17. The molecule has 33 heavy (non-hydrogen) atoms. The number of benzene rings is 2. The average Bonchev–Trinajstić information content (AvgIpc) is 3.30. The second kappa shape index (κ2) is 10.8. The third-order valence-corrected chi connectivity index (χ3v) is 6.52. The molecule has 4 rings (SSSR count). The largest absolute Gasteiger partial charge is 1.00 e. The molecule has 1 aliphatic heterocycles. The Kier molecular flexibility index (Phi) is 8.54. The molecule has 2 heterocycles. The van der Waals surface area contributed by atoms with Crippen LogP contribution in [0.4, 0.5) is 11.4 Å². The maximum absolute atomic E-state index is 12.0. The van der Waals surface area contributed by atoms with Crippen LogP contribution >= 0.6 is 12.2 Å². The number of H-pyrrole nitrogens is 2. The number of nitrogens with one attached hydrogen (secondary N) is 3. The van der Waals surface area contributed by atoms with Gasteiger partial charge < -0.3 is 15.2 Å². The molecule has 0 spiro atoms. The zero-order chi connectivity index (χ0) is 22.9. The fraction of sp³-hybridized carbons (Fsp3) is 0.348. The van der Waals surface area contributed by atoms with Gasteiger partial charge in [-0.2, -0.15) is 0 Å². The number of hydrogen-bond acceptors (Lipinski definition) is 5. The van der Waals surface area contributed by atoms with Crippen molar-refractivity contribution in [1.29, 1.82) is 0 Å². The molecular weight excluding hydrogens is 465 g/mol. The Morgan fingerprint density at radius 2 is 1.91 bits per heavy atom. The van der Waals surface area contributed by atoms with Gasteiger partial charge in [-0.25, -0.2) is 14.5 Å². The molecular formula is C23H27KN5O3S+. The minimum Gasteiger partial charge on any atom is -0.550 e. The number of para-hydroxylation sites is 1. The molecule has 2 unspecified atom stereocenters. The molecule has 0 saturated carbocycles. The number of aliphatic carboxylic acids is 1. The number of hydrogen-bond donors (Lipinski definition) is 3. The number of aryl methyl sites for hydroxylation is 2. The first-order chi connectivity index (χ1) is 15.3. The van der Waals surface area contributed by atoms with Crippen LogP contribution in [-0.4, -0.2) is 46.4 Å². The summed E-state index contributed by atoms with van der Waals surface area (Å²) in [6, 6.07) is 13.8. The Bertz CT molecular complexity index is 1220. The Labute approximate surface area is 240 Å². The van der Waals surface area contributed by atoms with Gasteiger partial charge in [0.25, 0.3) is 0 Å². The summed E-state index contributed by atoms with van der Waals surface area (Å²) in [5.41, 5.74) is 4.89. The van der Waals surface area contributed by atoms with Gasteiger partial charge in [-0.05, 0) is 44.3 Å². The molecule has 2 atom stereocenters. The van der Waals surface area contributed by atoms with Crippen LogP contribution in [0, 0.1) is 18.6 Å². The Balaban J connectivity index is 0.00000306. The molecule has 1 aromatic heterocycles. The topological polar surface area (TPSA) is 106 Å². The zero-order valence-electron chi connectivity index (χ0n) is 19.2. The monoisotopic (exact) mass is 492 g/mol. The van der Waals surface area contributed by atoms with Crippen LogP contribution in [0.25, 0.3) is 5.69 Å². The molecule has 8 nitrogen and oxygen atoms in total. The summed E-state index contributed by atoms with van der Waals surface area (Å²) in [6.07, 6.45) is 0.945. The number of rotatable bonds is 9. The number of carbonyl (C=O) groups is 1. The smallest absolute Gasteiger partial charge is 0.550 e. The maximum Gasteiger partial charge on any atom is 1.00 e. The minimum absolute atomic E-state index is 0. The van der Waals surface area contributed by atoms with Crippen molar-refractivity contribution in [1.82, 2.24) is 19.2 Å². The first-order valence-corrected chi connectivity index (χ1v) is 11.1. The molecule has 3 aromatic rings. The minimum atomic E-state index is -0.991. The van der Waals surface area contributed by atoms with E-state index in [1.165, 1.54) is 21.4 Å². The van der Waals surface area contributed by atoms with Crippen molar-refractivity contribution < 1.29 is 61.3 Å². The average molecular weight is 493 g/mol. The van der Waals surface area contributed by atoms with E-state index in [0.29, 0.717) is 14.9 Å². The molecule has 1 fully saturated rings. The maximum atomic E-state index is 12.0. The van der Waals surface area contributed by atoms with Crippen LogP contribution in [-0.2, 0) is 4.79 Å². The summed E-state index contributed by atoms with van der Waals surface area (Å²) < 4.78 is 2.41. The third kappa shape index (κ3) is 5.59. The predicted octanol–water partition coefficient (Wildman–Crippen LogP) is -0.824. The number of quaternary nitrogens is 1. The van der Waals surface area contributed by atoms with Gasteiger partial charge in [-0.15, -0.1) is 0 Å². The van der Waals surface area contributed by atoms with Crippen LogP contribution in [0.15, 0.2) is 47.3 Å². The second-order valence-corrected chi connectivity index (χ2v) is 8.82. The standard InChI is InChI=1S/C23H27N5O3S.K/c1-15-6-3-7-16(2)21(15)28(14-19(28)13-20(29)30)11-5-10-24-17-8-4-9-18(12-17)27-22(31)25-26-23(27)32;/h3-4,6-9,12,19,24H,5,10-11,13-14H2,1-2H3,(H2-,25,26,29,30,31,32);/q;+1. The quantitative estimate of drug-likeness (QED) is 0.119. The van der Waals surface area contributed by atoms with Crippen molar-refractivity contribution in [3.63, 3.8) is 0 Å². The van der Waals surface area contributed by atoms with Crippen molar-refractivity contribution in [2.75, 3.05) is 25.0 Å². The molecule has 1 saturated heterocycles. The van der Waals surface area contributed by atoms with Crippen LogP contribution < -0.4 is 72.0 Å². The van der Waals surface area contributed by atoms with Gasteiger partial charge in [0.05, 0.1) is 12.2 Å². The Morgan fingerprint density at radius 3 is 2.55 bits per heavy atom. The van der Waals surface area contributed by atoms with Crippen molar-refractivity contribution in [3.05, 3.63) is 68.8 Å². The summed E-state index contributed by atoms with van der Waals surface area (Å²) in [4.78, 5) is 23.2. The normalized spacial score (nSPS) is 19.0. The summed E-state index contributed by atoms with van der Waals surface area (Å²) in [7, 11) is 0. The van der Waals surface area contributed by atoms with Gasteiger partial charge in [-0.1, -0.05) is 24.3 Å². The van der Waals surface area contributed by atoms with Gasteiger partial charge in [0.15, 0.2) is 0 Å². The first-order valence-electron chi connectivity index (χ1n) is 10.7. The van der Waals surface area contributed by atoms with Crippen LogP contribution in [0.3, 0.4) is 0 Å². The van der Waals surface area contributed by atoms with E-state index >= 15 is 0 Å². The number of carbonyl (C=O) groups excluding carboxylic acids is 1.